The van der Waals surface area contributed by atoms with Gasteiger partial charge in [-0.1, -0.05) is 60.7 Å². The topological polar surface area (TPSA) is 47.9 Å². The molecule has 4 nitrogen and oxygen atoms in total. The van der Waals surface area contributed by atoms with Crippen LogP contribution in [-0.2, 0) is 0 Å². The zero-order valence-corrected chi connectivity index (χ0v) is 15.4. The number of aliphatic imine (C=N–C) groups is 1. The summed E-state index contributed by atoms with van der Waals surface area (Å²) in [5, 5.41) is 0. The van der Waals surface area contributed by atoms with Gasteiger partial charge in [-0.2, -0.15) is 0 Å². The summed E-state index contributed by atoms with van der Waals surface area (Å²) in [7, 11) is 3.19. The van der Waals surface area contributed by atoms with Crippen LogP contribution in [0.3, 0.4) is 0 Å². The van der Waals surface area contributed by atoms with Crippen molar-refractivity contribution >= 4 is 17.2 Å². The van der Waals surface area contributed by atoms with Crippen molar-refractivity contribution in [2.45, 2.75) is 6.42 Å². The Bertz CT molecular complexity index is 934. The molecule has 0 aliphatic heterocycles. The van der Waals surface area contributed by atoms with Gasteiger partial charge in [-0.05, 0) is 17.7 Å². The number of Topliss-reactive ketones (excluding diaryl/α,β-unsaturated/α-hetero) is 1. The smallest absolute Gasteiger partial charge is 0.168 e. The van der Waals surface area contributed by atoms with Gasteiger partial charge in [0.1, 0.15) is 17.2 Å². The van der Waals surface area contributed by atoms with Crippen molar-refractivity contribution in [2.75, 3.05) is 14.2 Å². The summed E-state index contributed by atoms with van der Waals surface area (Å²) >= 11 is 0. The molecule has 136 valence electrons. The molecule has 3 aromatic carbocycles. The molecule has 0 aromatic heterocycles. The maximum atomic E-state index is 12.7. The average Bonchev–Trinajstić information content (AvgIpc) is 2.74. The maximum Gasteiger partial charge on any atom is 0.168 e. The lowest BCUT2D eigenvalue weighted by atomic mass is 10.0. The fraction of sp³-hybridized carbons (Fsp3) is 0.130. The monoisotopic (exact) mass is 359 g/mol. The highest BCUT2D eigenvalue weighted by atomic mass is 16.5. The Labute approximate surface area is 159 Å². The number of methoxy groups -OCH3 is 2. The molecule has 0 N–H and O–H groups in total. The SMILES string of the molecule is COc1ccc(N=C(CC(=O)c2ccccc2)c2ccccc2)c(OC)c1. The molecule has 0 atom stereocenters. The predicted molar refractivity (Wildman–Crippen MR) is 108 cm³/mol. The van der Waals surface area contributed by atoms with E-state index < -0.39 is 0 Å². The molecule has 0 saturated heterocycles. The van der Waals surface area contributed by atoms with Crippen molar-refractivity contribution in [1.82, 2.24) is 0 Å². The van der Waals surface area contributed by atoms with Crippen molar-refractivity contribution in [3.8, 4) is 11.5 Å². The number of carbonyl (C=O) groups excluding carboxylic acids is 1. The minimum Gasteiger partial charge on any atom is -0.497 e. The fourth-order valence-electron chi connectivity index (χ4n) is 2.74. The number of rotatable bonds is 7. The maximum absolute atomic E-state index is 12.7. The third-order valence-corrected chi connectivity index (χ3v) is 4.17. The van der Waals surface area contributed by atoms with E-state index >= 15 is 0 Å². The van der Waals surface area contributed by atoms with Crippen molar-refractivity contribution < 1.29 is 14.3 Å². The van der Waals surface area contributed by atoms with Crippen molar-refractivity contribution in [2.24, 2.45) is 4.99 Å². The summed E-state index contributed by atoms with van der Waals surface area (Å²) in [5.74, 6) is 1.30. The van der Waals surface area contributed by atoms with Crippen LogP contribution in [0.1, 0.15) is 22.3 Å². The van der Waals surface area contributed by atoms with Gasteiger partial charge < -0.3 is 9.47 Å². The number of ketones is 1. The van der Waals surface area contributed by atoms with Crippen molar-refractivity contribution in [1.29, 1.82) is 0 Å². The summed E-state index contributed by atoms with van der Waals surface area (Å²) in [4.78, 5) is 17.5. The van der Waals surface area contributed by atoms with Crippen LogP contribution in [0.4, 0.5) is 5.69 Å². The van der Waals surface area contributed by atoms with Crippen LogP contribution in [0, 0.1) is 0 Å². The quantitative estimate of drug-likeness (QED) is 0.436. The van der Waals surface area contributed by atoms with E-state index in [-0.39, 0.29) is 12.2 Å². The van der Waals surface area contributed by atoms with Crippen LogP contribution in [0.15, 0.2) is 83.9 Å². The highest BCUT2D eigenvalue weighted by Gasteiger charge is 2.14. The molecule has 0 unspecified atom stereocenters. The van der Waals surface area contributed by atoms with Gasteiger partial charge in [0.25, 0.3) is 0 Å². The fourth-order valence-corrected chi connectivity index (χ4v) is 2.74. The minimum absolute atomic E-state index is 0.0191. The van der Waals surface area contributed by atoms with Crippen molar-refractivity contribution in [3.05, 3.63) is 90.0 Å². The number of ether oxygens (including phenoxy) is 2. The molecule has 27 heavy (non-hydrogen) atoms. The first-order chi connectivity index (χ1) is 13.2. The van der Waals surface area contributed by atoms with Crippen molar-refractivity contribution in [3.63, 3.8) is 0 Å². The predicted octanol–water partition coefficient (Wildman–Crippen LogP) is 5.10. The van der Waals surface area contributed by atoms with Gasteiger partial charge in [0.15, 0.2) is 5.78 Å². The van der Waals surface area contributed by atoms with Gasteiger partial charge in [-0.25, -0.2) is 4.99 Å². The molecule has 3 aromatic rings. The molecule has 0 aliphatic rings. The molecule has 3 rings (SSSR count). The Kier molecular flexibility index (Phi) is 6.00. The lowest BCUT2D eigenvalue weighted by Gasteiger charge is -2.10. The second kappa shape index (κ2) is 8.81. The van der Waals surface area contributed by atoms with Crippen LogP contribution in [0.25, 0.3) is 0 Å². The molecule has 0 spiro atoms. The summed E-state index contributed by atoms with van der Waals surface area (Å²) in [6.07, 6.45) is 0.198. The highest BCUT2D eigenvalue weighted by Crippen LogP contribution is 2.32. The normalized spacial score (nSPS) is 11.1. The molecule has 0 saturated carbocycles. The van der Waals surface area contributed by atoms with E-state index in [1.54, 1.807) is 20.3 Å². The van der Waals surface area contributed by atoms with E-state index in [4.69, 9.17) is 14.5 Å². The number of hydrogen-bond donors (Lipinski definition) is 0. The molecule has 0 bridgehead atoms. The molecule has 4 heteroatoms. The first-order valence-corrected chi connectivity index (χ1v) is 8.64. The van der Waals surface area contributed by atoms with Crippen LogP contribution in [0.2, 0.25) is 0 Å². The number of benzene rings is 3. The Balaban J connectivity index is 2.00. The number of carbonyl (C=O) groups is 1. The Morgan fingerprint density at radius 3 is 2.04 bits per heavy atom. The summed E-state index contributed by atoms with van der Waals surface area (Å²) in [6, 6.07) is 24.4. The molecule has 0 aliphatic carbocycles. The highest BCUT2D eigenvalue weighted by molar-refractivity contribution is 6.16. The Morgan fingerprint density at radius 2 is 1.44 bits per heavy atom. The third kappa shape index (κ3) is 4.61. The first-order valence-electron chi connectivity index (χ1n) is 8.64. The van der Waals surface area contributed by atoms with E-state index in [2.05, 4.69) is 0 Å². The second-order valence-electron chi connectivity index (χ2n) is 5.93. The number of hydrogen-bond acceptors (Lipinski definition) is 4. The molecule has 0 radical (unpaired) electrons. The van der Waals surface area contributed by atoms with E-state index in [1.807, 2.05) is 72.8 Å². The summed E-state index contributed by atoms with van der Waals surface area (Å²) in [5.41, 5.74) is 2.91. The lowest BCUT2D eigenvalue weighted by Crippen LogP contribution is -2.09. The molecule has 0 heterocycles. The Morgan fingerprint density at radius 1 is 0.815 bits per heavy atom. The summed E-state index contributed by atoms with van der Waals surface area (Å²) in [6.45, 7) is 0. The van der Waals surface area contributed by atoms with Crippen LogP contribution >= 0.6 is 0 Å². The van der Waals surface area contributed by atoms with E-state index in [0.29, 0.717) is 28.5 Å². The van der Waals surface area contributed by atoms with E-state index in [1.165, 1.54) is 0 Å². The molecule has 0 fully saturated rings. The minimum atomic E-state index is 0.0191. The largest absolute Gasteiger partial charge is 0.497 e. The molecular formula is C23H21NO3. The van der Waals surface area contributed by atoms with Gasteiger partial charge in [-0.3, -0.25) is 4.79 Å². The van der Waals surface area contributed by atoms with Gasteiger partial charge in [-0.15, -0.1) is 0 Å². The molecule has 0 amide bonds. The van der Waals surface area contributed by atoms with Gasteiger partial charge in [0, 0.05) is 11.6 Å². The van der Waals surface area contributed by atoms with Crippen LogP contribution in [0.5, 0.6) is 11.5 Å². The third-order valence-electron chi connectivity index (χ3n) is 4.17. The van der Waals surface area contributed by atoms with E-state index in [0.717, 1.165) is 5.56 Å². The summed E-state index contributed by atoms with van der Waals surface area (Å²) < 4.78 is 10.7. The Hall–Kier alpha value is -3.40. The van der Waals surface area contributed by atoms with Crippen LogP contribution in [-0.4, -0.2) is 25.7 Å². The van der Waals surface area contributed by atoms with Gasteiger partial charge >= 0.3 is 0 Å². The zero-order valence-electron chi connectivity index (χ0n) is 15.4. The standard InChI is InChI=1S/C23H21NO3/c1-26-19-13-14-20(23(15-19)27-2)24-21(17-9-5-3-6-10-17)16-22(25)18-11-7-4-8-12-18/h3-15H,16H2,1-2H3. The molecular weight excluding hydrogens is 338 g/mol. The number of nitrogens with zero attached hydrogens (tertiary/aromatic N) is 1. The van der Waals surface area contributed by atoms with Gasteiger partial charge in [0.05, 0.1) is 26.4 Å². The van der Waals surface area contributed by atoms with Gasteiger partial charge in [0.2, 0.25) is 0 Å². The first kappa shape index (κ1) is 18.4. The lowest BCUT2D eigenvalue weighted by molar-refractivity contribution is 0.100. The average molecular weight is 359 g/mol. The second-order valence-corrected chi connectivity index (χ2v) is 5.93. The van der Waals surface area contributed by atoms with Crippen LogP contribution < -0.4 is 9.47 Å². The van der Waals surface area contributed by atoms with E-state index in [9.17, 15) is 4.79 Å². The zero-order chi connectivity index (χ0) is 19.1.